The number of Topliss-reactive ketones (excluding diaryl/α,β-unsaturated/α-hetero) is 1. The maximum atomic E-state index is 15.4. The summed E-state index contributed by atoms with van der Waals surface area (Å²) in [4.78, 5) is 16.3. The summed E-state index contributed by atoms with van der Waals surface area (Å²) in [6.45, 7) is 0.406. The second-order valence-electron chi connectivity index (χ2n) is 13.2. The number of halogens is 20. The van der Waals surface area contributed by atoms with E-state index in [4.69, 9.17) is 5.11 Å². The zero-order valence-electron chi connectivity index (χ0n) is 31.3. The first-order valence-corrected chi connectivity index (χ1v) is 17.4. The summed E-state index contributed by atoms with van der Waals surface area (Å²) in [7, 11) is 0. The van der Waals surface area contributed by atoms with Crippen LogP contribution in [0.3, 0.4) is 0 Å². The minimum Gasteiger partial charge on any atom is -0.396 e. The zero-order chi connectivity index (χ0) is 48.6. The molecule has 0 saturated heterocycles. The van der Waals surface area contributed by atoms with E-state index in [1.807, 2.05) is 48.7 Å². The normalized spacial score (nSPS) is 11.6. The predicted octanol–water partition coefficient (Wildman–Crippen LogP) is 7.49. The van der Waals surface area contributed by atoms with Gasteiger partial charge in [0.25, 0.3) is 0 Å². The van der Waals surface area contributed by atoms with Gasteiger partial charge in [-0.1, -0.05) is 36.4 Å². The van der Waals surface area contributed by atoms with Crippen LogP contribution >= 0.6 is 0 Å². The Kier molecular flexibility index (Phi) is 14.5. The fourth-order valence-corrected chi connectivity index (χ4v) is 6.67. The van der Waals surface area contributed by atoms with Crippen molar-refractivity contribution in [1.29, 1.82) is 0 Å². The SMILES string of the molecule is Fc1c(F)c(F)c([B-](c2c(F)c(F)c(F)c(F)c2F)(c2c(F)c(F)c(F)c(F)c2F)c2c(F)c(F)c(F)c(F)c2F)c(F)c1F.O=C(C[n+]1ccnc(C=CCCO)c1)c1ccccc1. The number of hydrogen-bond donors (Lipinski definition) is 1. The Labute approximate surface area is 349 Å². The molecule has 0 spiro atoms. The molecule has 0 bridgehead atoms. The first-order chi connectivity index (χ1) is 30.5. The predicted molar refractivity (Wildman–Crippen MR) is 185 cm³/mol. The van der Waals surface area contributed by atoms with Crippen molar-refractivity contribution in [2.45, 2.75) is 13.0 Å². The topological polar surface area (TPSA) is 54.1 Å². The van der Waals surface area contributed by atoms with Gasteiger partial charge in [0.05, 0.1) is 6.20 Å². The molecule has 0 amide bonds. The molecule has 65 heavy (non-hydrogen) atoms. The monoisotopic (exact) mass is 948 g/mol. The second kappa shape index (κ2) is 19.1. The van der Waals surface area contributed by atoms with Crippen LogP contribution in [0.15, 0.2) is 55.0 Å². The van der Waals surface area contributed by atoms with E-state index in [0.717, 1.165) is 5.69 Å². The van der Waals surface area contributed by atoms with Crippen molar-refractivity contribution in [1.82, 2.24) is 4.98 Å². The highest BCUT2D eigenvalue weighted by atomic mass is 19.2. The summed E-state index contributed by atoms with van der Waals surface area (Å²) in [5.74, 6) is -71.3. The number of ketones is 1. The smallest absolute Gasteiger partial charge is 0.227 e. The van der Waals surface area contributed by atoms with E-state index >= 15 is 35.1 Å². The standard InChI is InChI=1S/C24BF20.C16H17N2O2/c26-5-1(6(27)14(35)21(42)13(5)34)25(2-7(28)15(36)22(43)16(37)8(2)29,3-9(30)17(38)23(44)18(39)10(3)31)4-11(32)19(40)24(45)20(41)12(4)33;19-11-5-4-8-15-12-18(10-9-17-15)13-16(20)14-6-2-1-3-7-14/h;1-4,6-10,12,19H,5,11,13H2/q-1;+1. The number of rotatable bonds is 10. The van der Waals surface area contributed by atoms with Crippen molar-refractivity contribution in [3.63, 3.8) is 0 Å². The van der Waals surface area contributed by atoms with Gasteiger partial charge in [-0.15, -0.1) is 21.9 Å². The fourth-order valence-electron chi connectivity index (χ4n) is 6.67. The van der Waals surface area contributed by atoms with Gasteiger partial charge in [0.1, 0.15) is 58.4 Å². The first kappa shape index (κ1) is 49.2. The van der Waals surface area contributed by atoms with Crippen LogP contribution in [0.1, 0.15) is 22.5 Å². The van der Waals surface area contributed by atoms with Gasteiger partial charge < -0.3 is 5.11 Å². The van der Waals surface area contributed by atoms with E-state index in [2.05, 4.69) is 4.98 Å². The van der Waals surface area contributed by atoms with Gasteiger partial charge in [-0.05, 0) is 12.5 Å². The Morgan fingerprint density at radius 3 is 1.11 bits per heavy atom. The highest BCUT2D eigenvalue weighted by Gasteiger charge is 2.52. The molecule has 0 saturated carbocycles. The molecule has 4 nitrogen and oxygen atoms in total. The van der Waals surface area contributed by atoms with Gasteiger partial charge in [0, 0.05) is 12.2 Å². The average Bonchev–Trinajstić information content (AvgIpc) is 3.29. The molecule has 0 aliphatic rings. The van der Waals surface area contributed by atoms with Crippen LogP contribution in [0.2, 0.25) is 0 Å². The van der Waals surface area contributed by atoms with Crippen LogP contribution < -0.4 is 26.4 Å². The number of aromatic nitrogens is 2. The highest BCUT2D eigenvalue weighted by Crippen LogP contribution is 2.30. The maximum absolute atomic E-state index is 15.4. The lowest BCUT2D eigenvalue weighted by Gasteiger charge is -2.44. The minimum absolute atomic E-state index is 0.0621. The second-order valence-corrected chi connectivity index (χ2v) is 13.2. The van der Waals surface area contributed by atoms with Crippen LogP contribution in [-0.2, 0) is 6.54 Å². The molecule has 1 N–H and O–H groups in total. The number of benzene rings is 5. The number of aliphatic hydroxyl groups excluding tert-OH is 1. The van der Waals surface area contributed by atoms with Crippen molar-refractivity contribution >= 4 is 39.9 Å². The van der Waals surface area contributed by atoms with Gasteiger partial charge in [0.15, 0.2) is 82.2 Å². The molecule has 0 radical (unpaired) electrons. The Morgan fingerprint density at radius 1 is 0.492 bits per heavy atom. The van der Waals surface area contributed by atoms with Crippen LogP contribution in [-0.4, -0.2) is 28.6 Å². The number of nitrogens with zero attached hydrogens (tertiary/aromatic N) is 2. The Balaban J connectivity index is 0.000000330. The fraction of sp³-hybridized carbons (Fsp3) is 0.0750. The number of aliphatic hydroxyl groups is 1. The molecular formula is C40H17BF20N2O2. The van der Waals surface area contributed by atoms with Crippen LogP contribution in [0.25, 0.3) is 6.08 Å². The molecule has 0 aliphatic heterocycles. The Morgan fingerprint density at radius 2 is 0.800 bits per heavy atom. The molecule has 0 fully saturated rings. The summed E-state index contributed by atoms with van der Waals surface area (Å²) < 4.78 is 296. The lowest BCUT2D eigenvalue weighted by molar-refractivity contribution is -0.683. The molecule has 1 heterocycles. The lowest BCUT2D eigenvalue weighted by Crippen LogP contribution is -2.81. The molecular weight excluding hydrogens is 931 g/mol. The molecule has 0 unspecified atom stereocenters. The summed E-state index contributed by atoms with van der Waals surface area (Å²) >= 11 is 0. The molecule has 0 atom stereocenters. The summed E-state index contributed by atoms with van der Waals surface area (Å²) in [6, 6.07) is 9.22. The molecule has 342 valence electrons. The molecule has 0 aliphatic carbocycles. The summed E-state index contributed by atoms with van der Waals surface area (Å²) in [5.41, 5.74) is -12.9. The molecule has 5 aromatic carbocycles. The van der Waals surface area contributed by atoms with Crippen molar-refractivity contribution < 1.29 is 102 Å². The highest BCUT2D eigenvalue weighted by molar-refractivity contribution is 7.20. The van der Waals surface area contributed by atoms with Crippen molar-refractivity contribution in [3.05, 3.63) is 183 Å². The van der Waals surface area contributed by atoms with Crippen LogP contribution in [0, 0.1) is 116 Å². The van der Waals surface area contributed by atoms with Gasteiger partial charge in [0.2, 0.25) is 12.3 Å². The summed E-state index contributed by atoms with van der Waals surface area (Å²) in [6.07, 6.45) is 2.31. The maximum Gasteiger partial charge on any atom is 0.227 e. The molecule has 1 aromatic heterocycles. The van der Waals surface area contributed by atoms with E-state index in [0.29, 0.717) is 12.0 Å². The first-order valence-electron chi connectivity index (χ1n) is 17.4. The van der Waals surface area contributed by atoms with Crippen molar-refractivity contribution in [3.8, 4) is 0 Å². The Hall–Kier alpha value is -6.79. The zero-order valence-corrected chi connectivity index (χ0v) is 31.3. The molecule has 6 rings (SSSR count). The average molecular weight is 948 g/mol. The van der Waals surface area contributed by atoms with Crippen molar-refractivity contribution in [2.24, 2.45) is 0 Å². The largest absolute Gasteiger partial charge is 0.396 e. The van der Waals surface area contributed by atoms with Gasteiger partial charge in [-0.3, -0.25) is 4.79 Å². The number of carbonyl (C=O) groups is 1. The van der Waals surface area contributed by atoms with Crippen LogP contribution in [0.5, 0.6) is 0 Å². The Bertz CT molecular complexity index is 2520. The van der Waals surface area contributed by atoms with E-state index in [9.17, 15) is 57.5 Å². The van der Waals surface area contributed by atoms with E-state index in [1.165, 1.54) is 0 Å². The number of carbonyl (C=O) groups excluding carboxylic acids is 1. The summed E-state index contributed by atoms with van der Waals surface area (Å²) in [5, 5.41) is 8.72. The van der Waals surface area contributed by atoms with Gasteiger partial charge in [-0.25, -0.2) is 92.8 Å². The minimum atomic E-state index is -7.22. The quantitative estimate of drug-likeness (QED) is 0.0387. The molecule has 6 aromatic rings. The third-order valence-corrected chi connectivity index (χ3v) is 9.49. The van der Waals surface area contributed by atoms with Crippen LogP contribution in [0.4, 0.5) is 87.8 Å². The van der Waals surface area contributed by atoms with Crippen molar-refractivity contribution in [2.75, 3.05) is 6.61 Å². The lowest BCUT2D eigenvalue weighted by atomic mass is 9.12. The third kappa shape index (κ3) is 8.39. The van der Waals surface area contributed by atoms with E-state index in [1.54, 1.807) is 17.0 Å². The van der Waals surface area contributed by atoms with Gasteiger partial charge >= 0.3 is 0 Å². The van der Waals surface area contributed by atoms with E-state index < -0.39 is 144 Å². The third-order valence-electron chi connectivity index (χ3n) is 9.49. The molecule has 25 heteroatoms. The van der Waals surface area contributed by atoms with E-state index in [-0.39, 0.29) is 18.9 Å². The number of hydrogen-bond acceptors (Lipinski definition) is 3. The van der Waals surface area contributed by atoms with Gasteiger partial charge in [-0.2, -0.15) is 4.57 Å².